The van der Waals surface area contributed by atoms with Crippen LogP contribution in [0.3, 0.4) is 0 Å². The Morgan fingerprint density at radius 3 is 2.40 bits per heavy atom. The van der Waals surface area contributed by atoms with Crippen LogP contribution in [0.4, 0.5) is 18.9 Å². The highest BCUT2D eigenvalue weighted by Crippen LogP contribution is 2.43. The van der Waals surface area contributed by atoms with E-state index >= 15 is 0 Å². The summed E-state index contributed by atoms with van der Waals surface area (Å²) in [5.41, 5.74) is 1.32. The summed E-state index contributed by atoms with van der Waals surface area (Å²) in [6.45, 7) is 11.8. The van der Waals surface area contributed by atoms with Crippen LogP contribution in [-0.2, 0) is 15.8 Å². The molecule has 2 aliphatic rings. The van der Waals surface area contributed by atoms with E-state index in [1.165, 1.54) is 12.1 Å². The fourth-order valence-electron chi connectivity index (χ4n) is 4.90. The minimum absolute atomic E-state index is 0.0959. The van der Waals surface area contributed by atoms with Crippen LogP contribution < -0.4 is 10.6 Å². The first-order valence-corrected chi connectivity index (χ1v) is 12.0. The van der Waals surface area contributed by atoms with Gasteiger partial charge in [-0.2, -0.15) is 13.2 Å². The predicted octanol–water partition coefficient (Wildman–Crippen LogP) is 4.52. The summed E-state index contributed by atoms with van der Waals surface area (Å²) in [5, 5.41) is 5.88. The van der Waals surface area contributed by atoms with E-state index in [4.69, 9.17) is 0 Å². The van der Waals surface area contributed by atoms with Crippen molar-refractivity contribution in [3.63, 3.8) is 0 Å². The SMILES string of the molecule is CC1=C(C(=O)Nc2cccc(C(F)(F)F)c2)C=C(C(C)(C)C)[N+]1(C)CCCC(=O)N1CCNCC1. The summed E-state index contributed by atoms with van der Waals surface area (Å²) < 4.78 is 39.7. The van der Waals surface area contributed by atoms with Crippen LogP contribution in [0.2, 0.25) is 0 Å². The maximum atomic E-state index is 13.2. The Morgan fingerprint density at radius 2 is 1.80 bits per heavy atom. The Hall–Kier alpha value is -2.65. The monoisotopic (exact) mass is 493 g/mol. The zero-order valence-corrected chi connectivity index (χ0v) is 21.2. The maximum Gasteiger partial charge on any atom is 0.416 e. The Balaban J connectivity index is 1.78. The average molecular weight is 494 g/mol. The van der Waals surface area contributed by atoms with E-state index in [2.05, 4.69) is 31.4 Å². The van der Waals surface area contributed by atoms with E-state index < -0.39 is 17.6 Å². The second-order valence-electron chi connectivity index (χ2n) is 10.5. The normalized spacial score (nSPS) is 21.3. The highest BCUT2D eigenvalue weighted by molar-refractivity contribution is 6.06. The third kappa shape index (κ3) is 6.13. The number of benzene rings is 1. The number of quaternary nitrogens is 1. The van der Waals surface area contributed by atoms with Gasteiger partial charge in [-0.15, -0.1) is 0 Å². The molecule has 1 atom stereocenters. The lowest BCUT2D eigenvalue weighted by Crippen LogP contribution is -2.47. The van der Waals surface area contributed by atoms with Crippen molar-refractivity contribution >= 4 is 17.5 Å². The van der Waals surface area contributed by atoms with Crippen LogP contribution in [0.25, 0.3) is 0 Å². The van der Waals surface area contributed by atoms with Crippen LogP contribution in [0.1, 0.15) is 46.1 Å². The largest absolute Gasteiger partial charge is 0.416 e. The summed E-state index contributed by atoms with van der Waals surface area (Å²) >= 11 is 0. The van der Waals surface area contributed by atoms with Gasteiger partial charge in [0.15, 0.2) is 0 Å². The molecule has 0 radical (unpaired) electrons. The van der Waals surface area contributed by atoms with Gasteiger partial charge in [0.05, 0.1) is 19.2 Å². The molecule has 0 aliphatic carbocycles. The Labute approximate surface area is 205 Å². The molecular formula is C26H36F3N4O2+. The third-order valence-corrected chi connectivity index (χ3v) is 6.87. The summed E-state index contributed by atoms with van der Waals surface area (Å²) in [4.78, 5) is 27.7. The molecule has 1 unspecified atom stereocenters. The number of hydrogen-bond donors (Lipinski definition) is 2. The number of anilines is 1. The Bertz CT molecular complexity index is 1030. The molecule has 9 heteroatoms. The van der Waals surface area contributed by atoms with E-state index in [9.17, 15) is 22.8 Å². The number of nitrogens with zero attached hydrogens (tertiary/aromatic N) is 2. The molecule has 2 heterocycles. The van der Waals surface area contributed by atoms with Crippen LogP contribution >= 0.6 is 0 Å². The topological polar surface area (TPSA) is 61.4 Å². The number of hydrogen-bond acceptors (Lipinski definition) is 3. The first-order chi connectivity index (χ1) is 16.2. The number of rotatable bonds is 6. The van der Waals surface area contributed by atoms with E-state index in [0.717, 1.165) is 49.7 Å². The van der Waals surface area contributed by atoms with Crippen molar-refractivity contribution in [2.45, 2.75) is 46.7 Å². The molecule has 3 rings (SSSR count). The molecule has 192 valence electrons. The second kappa shape index (κ2) is 10.1. The number of carbonyl (C=O) groups is 2. The van der Waals surface area contributed by atoms with Gasteiger partial charge in [0.2, 0.25) is 5.91 Å². The first-order valence-electron chi connectivity index (χ1n) is 12.0. The minimum atomic E-state index is -4.49. The highest BCUT2D eigenvalue weighted by Gasteiger charge is 2.44. The van der Waals surface area contributed by atoms with Crippen molar-refractivity contribution < 1.29 is 27.2 Å². The molecule has 0 bridgehead atoms. The number of alkyl halides is 3. The fraction of sp³-hybridized carbons (Fsp3) is 0.538. The van der Waals surface area contributed by atoms with Crippen molar-refractivity contribution in [2.75, 3.05) is 45.1 Å². The van der Waals surface area contributed by atoms with Gasteiger partial charge < -0.3 is 15.5 Å². The van der Waals surface area contributed by atoms with Gasteiger partial charge in [0, 0.05) is 63.1 Å². The summed E-state index contributed by atoms with van der Waals surface area (Å²) in [5.74, 6) is -0.301. The number of allylic oxidation sites excluding steroid dienone is 2. The first kappa shape index (κ1) is 26.9. The van der Waals surface area contributed by atoms with Crippen LogP contribution in [0.5, 0.6) is 0 Å². The van der Waals surface area contributed by atoms with Crippen LogP contribution in [-0.4, -0.2) is 61.0 Å². The summed E-state index contributed by atoms with van der Waals surface area (Å²) in [6, 6.07) is 4.64. The number of carbonyl (C=O) groups excluding carboxylic acids is 2. The molecule has 0 aromatic heterocycles. The molecule has 2 amide bonds. The molecule has 6 nitrogen and oxygen atoms in total. The smallest absolute Gasteiger partial charge is 0.340 e. The van der Waals surface area contributed by atoms with E-state index in [1.807, 2.05) is 24.9 Å². The number of nitrogens with one attached hydrogen (secondary N) is 2. The lowest BCUT2D eigenvalue weighted by atomic mass is 9.89. The third-order valence-electron chi connectivity index (χ3n) is 6.87. The number of amides is 2. The molecule has 2 N–H and O–H groups in total. The Kier molecular flexibility index (Phi) is 7.81. The van der Waals surface area contributed by atoms with Gasteiger partial charge in [-0.25, -0.2) is 0 Å². The van der Waals surface area contributed by atoms with Gasteiger partial charge in [0.1, 0.15) is 17.0 Å². The molecule has 1 fully saturated rings. The molecule has 1 saturated heterocycles. The lowest BCUT2D eigenvalue weighted by Gasteiger charge is -2.39. The van der Waals surface area contributed by atoms with Gasteiger partial charge in [-0.1, -0.05) is 26.8 Å². The average Bonchev–Trinajstić information content (AvgIpc) is 3.05. The van der Waals surface area contributed by atoms with E-state index in [0.29, 0.717) is 29.4 Å². The van der Waals surface area contributed by atoms with Crippen molar-refractivity contribution in [1.29, 1.82) is 0 Å². The van der Waals surface area contributed by atoms with Crippen LogP contribution in [0, 0.1) is 5.41 Å². The summed E-state index contributed by atoms with van der Waals surface area (Å²) in [7, 11) is 2.03. The molecule has 0 spiro atoms. The minimum Gasteiger partial charge on any atom is -0.340 e. The zero-order valence-electron chi connectivity index (χ0n) is 21.2. The standard InChI is InChI=1S/C26H35F3N4O2/c1-18-21(24(35)31-20-9-6-8-19(16-20)26(27,28)29)17-22(25(2,3)4)33(18,5)15-7-10-23(34)32-13-11-30-12-14-32/h6,8-9,16-17,30H,7,10-15H2,1-5H3/p+1. The van der Waals surface area contributed by atoms with Crippen molar-refractivity contribution in [3.05, 3.63) is 52.9 Å². The second-order valence-corrected chi connectivity index (χ2v) is 10.5. The maximum absolute atomic E-state index is 13.2. The molecule has 1 aromatic rings. The molecule has 0 saturated carbocycles. The molecule has 35 heavy (non-hydrogen) atoms. The summed E-state index contributed by atoms with van der Waals surface area (Å²) in [6.07, 6.45) is -1.53. The molecular weight excluding hydrogens is 457 g/mol. The highest BCUT2D eigenvalue weighted by atomic mass is 19.4. The quantitative estimate of drug-likeness (QED) is 0.573. The van der Waals surface area contributed by atoms with Gasteiger partial charge in [-0.05, 0) is 18.2 Å². The molecule has 1 aromatic carbocycles. The number of halogens is 3. The zero-order chi connectivity index (χ0) is 26.0. The predicted molar refractivity (Wildman–Crippen MR) is 130 cm³/mol. The van der Waals surface area contributed by atoms with Crippen molar-refractivity contribution in [2.24, 2.45) is 5.41 Å². The van der Waals surface area contributed by atoms with E-state index in [-0.39, 0.29) is 17.0 Å². The molecule has 2 aliphatic heterocycles. The van der Waals surface area contributed by atoms with E-state index in [1.54, 1.807) is 0 Å². The van der Waals surface area contributed by atoms with Gasteiger partial charge in [-0.3, -0.25) is 14.1 Å². The fourth-order valence-corrected chi connectivity index (χ4v) is 4.90. The van der Waals surface area contributed by atoms with Crippen molar-refractivity contribution in [3.8, 4) is 0 Å². The number of piperazine rings is 1. The van der Waals surface area contributed by atoms with Gasteiger partial charge in [0.25, 0.3) is 5.91 Å². The van der Waals surface area contributed by atoms with Gasteiger partial charge >= 0.3 is 6.18 Å². The van der Waals surface area contributed by atoms with Crippen LogP contribution in [0.15, 0.2) is 47.3 Å². The lowest BCUT2D eigenvalue weighted by molar-refractivity contribution is -0.837. The van der Waals surface area contributed by atoms with Crippen molar-refractivity contribution in [1.82, 2.24) is 10.2 Å². The Morgan fingerprint density at radius 1 is 1.14 bits per heavy atom.